The molecule has 0 bridgehead atoms. The highest BCUT2D eigenvalue weighted by Gasteiger charge is 2.39. The highest BCUT2D eigenvalue weighted by molar-refractivity contribution is 7.13. The molecule has 4 rings (SSSR count). The Hall–Kier alpha value is -2.04. The van der Waals surface area contributed by atoms with Crippen LogP contribution < -0.4 is 10.0 Å². The number of nitrogens with zero attached hydrogens (tertiary/aromatic N) is 6. The van der Waals surface area contributed by atoms with Gasteiger partial charge in [-0.3, -0.25) is 0 Å². The number of hydrazine groups is 1. The van der Waals surface area contributed by atoms with Gasteiger partial charge in [0.05, 0.1) is 5.51 Å². The van der Waals surface area contributed by atoms with Crippen molar-refractivity contribution < 1.29 is 9.15 Å². The largest absolute Gasteiger partial charge is 0.423 e. The summed E-state index contributed by atoms with van der Waals surface area (Å²) in [5.74, 6) is 1.14. The van der Waals surface area contributed by atoms with Crippen LogP contribution in [-0.2, 0) is 4.74 Å². The second kappa shape index (κ2) is 4.81. The Labute approximate surface area is 121 Å². The molecule has 0 aromatic carbocycles. The summed E-state index contributed by atoms with van der Waals surface area (Å²) in [5, 5.41) is 16.0. The van der Waals surface area contributed by atoms with Crippen LogP contribution in [0.25, 0.3) is 0 Å². The Bertz CT molecular complexity index is 614. The van der Waals surface area contributed by atoms with Crippen molar-refractivity contribution in [2.24, 2.45) is 0 Å². The summed E-state index contributed by atoms with van der Waals surface area (Å²) >= 11 is 3.03. The first-order valence-corrected chi connectivity index (χ1v) is 7.48. The van der Waals surface area contributed by atoms with Crippen LogP contribution >= 0.6 is 22.7 Å². The van der Waals surface area contributed by atoms with E-state index in [9.17, 15) is 0 Å². The van der Waals surface area contributed by atoms with Crippen molar-refractivity contribution in [3.8, 4) is 0 Å². The van der Waals surface area contributed by atoms with Gasteiger partial charge in [-0.15, -0.1) is 32.9 Å². The van der Waals surface area contributed by atoms with Gasteiger partial charge in [0.15, 0.2) is 5.82 Å². The molecule has 8 nitrogen and oxygen atoms in total. The van der Waals surface area contributed by atoms with Crippen LogP contribution in [0.4, 0.5) is 10.9 Å². The third-order valence-corrected chi connectivity index (χ3v) is 4.08. The molecular formula is C10H8N6O2S2. The molecule has 0 aliphatic carbocycles. The van der Waals surface area contributed by atoms with Gasteiger partial charge in [0, 0.05) is 17.0 Å². The highest BCUT2D eigenvalue weighted by Crippen LogP contribution is 2.37. The Morgan fingerprint density at radius 3 is 3.05 bits per heavy atom. The topological polar surface area (TPSA) is 80.4 Å². The zero-order valence-corrected chi connectivity index (χ0v) is 11.6. The molecule has 0 radical (unpaired) electrons. The molecule has 1 atom stereocenters. The number of thiazole rings is 2. The van der Waals surface area contributed by atoms with Gasteiger partial charge >= 0.3 is 0 Å². The van der Waals surface area contributed by atoms with Crippen molar-refractivity contribution in [2.45, 2.75) is 6.23 Å². The lowest BCUT2D eigenvalue weighted by Crippen LogP contribution is -2.38. The summed E-state index contributed by atoms with van der Waals surface area (Å²) in [6.07, 6.45) is 2.53. The van der Waals surface area contributed by atoms with E-state index in [0.717, 1.165) is 10.9 Å². The normalized spacial score (nSPS) is 18.9. The minimum absolute atomic E-state index is 0.345. The number of ether oxygens (including phenoxy) is 1. The SMILES string of the molecule is c1csc(N2COC(c3nnco3)N2c2cscn2)n1. The van der Waals surface area contributed by atoms with Gasteiger partial charge in [-0.2, -0.15) is 0 Å². The standard InChI is InChI=1S/C10H8N6O2S2/c1-2-20-10(11-1)15-6-18-9(8-14-13-4-17-8)16(15)7-3-19-5-12-7/h1-5,9H,6H2. The summed E-state index contributed by atoms with van der Waals surface area (Å²) in [7, 11) is 0. The lowest BCUT2D eigenvalue weighted by Gasteiger charge is -2.27. The molecule has 3 aromatic heterocycles. The molecular weight excluding hydrogens is 300 g/mol. The predicted molar refractivity (Wildman–Crippen MR) is 72.2 cm³/mol. The second-order valence-corrected chi connectivity index (χ2v) is 5.42. The van der Waals surface area contributed by atoms with E-state index in [4.69, 9.17) is 9.15 Å². The number of hydrogen-bond acceptors (Lipinski definition) is 10. The molecule has 3 aromatic rings. The van der Waals surface area contributed by atoms with E-state index < -0.39 is 6.23 Å². The van der Waals surface area contributed by atoms with E-state index in [2.05, 4.69) is 20.2 Å². The Morgan fingerprint density at radius 2 is 2.35 bits per heavy atom. The molecule has 1 aliphatic heterocycles. The van der Waals surface area contributed by atoms with Crippen molar-refractivity contribution in [1.82, 2.24) is 20.2 Å². The van der Waals surface area contributed by atoms with Gasteiger partial charge < -0.3 is 9.15 Å². The quantitative estimate of drug-likeness (QED) is 0.725. The van der Waals surface area contributed by atoms with Crippen LogP contribution in [0.5, 0.6) is 0 Å². The summed E-state index contributed by atoms with van der Waals surface area (Å²) < 4.78 is 11.0. The first-order chi connectivity index (χ1) is 9.93. The lowest BCUT2D eigenvalue weighted by molar-refractivity contribution is 0.0898. The fourth-order valence-electron chi connectivity index (χ4n) is 1.92. The van der Waals surface area contributed by atoms with Gasteiger partial charge in [0.25, 0.3) is 5.89 Å². The molecule has 10 heteroatoms. The van der Waals surface area contributed by atoms with Crippen LogP contribution in [0.2, 0.25) is 0 Å². The van der Waals surface area contributed by atoms with E-state index in [-0.39, 0.29) is 0 Å². The molecule has 1 saturated heterocycles. The van der Waals surface area contributed by atoms with E-state index in [1.807, 2.05) is 20.8 Å². The molecule has 102 valence electrons. The minimum Gasteiger partial charge on any atom is -0.423 e. The summed E-state index contributed by atoms with van der Waals surface area (Å²) in [6.45, 7) is 0.345. The van der Waals surface area contributed by atoms with Crippen LogP contribution in [0.1, 0.15) is 12.1 Å². The van der Waals surface area contributed by atoms with Crippen molar-refractivity contribution in [3.63, 3.8) is 0 Å². The third-order valence-electron chi connectivity index (χ3n) is 2.72. The van der Waals surface area contributed by atoms with E-state index in [1.54, 1.807) is 11.7 Å². The highest BCUT2D eigenvalue weighted by atomic mass is 32.1. The fraction of sp³-hybridized carbons (Fsp3) is 0.200. The Kier molecular flexibility index (Phi) is 2.83. The minimum atomic E-state index is -0.497. The average molecular weight is 308 g/mol. The van der Waals surface area contributed by atoms with Crippen molar-refractivity contribution >= 4 is 33.6 Å². The number of hydrogen-bond donors (Lipinski definition) is 0. The van der Waals surface area contributed by atoms with Gasteiger partial charge in [0.2, 0.25) is 17.8 Å². The number of aromatic nitrogens is 4. The number of rotatable bonds is 3. The van der Waals surface area contributed by atoms with Crippen molar-refractivity contribution in [1.29, 1.82) is 0 Å². The van der Waals surface area contributed by atoms with Crippen molar-refractivity contribution in [2.75, 3.05) is 16.7 Å². The van der Waals surface area contributed by atoms with E-state index in [0.29, 0.717) is 12.6 Å². The summed E-state index contributed by atoms with van der Waals surface area (Å²) in [4.78, 5) is 8.63. The zero-order valence-electron chi connectivity index (χ0n) is 9.99. The maximum Gasteiger partial charge on any atom is 0.267 e. The van der Waals surface area contributed by atoms with Crippen LogP contribution in [0.3, 0.4) is 0 Å². The third kappa shape index (κ3) is 1.85. The predicted octanol–water partition coefficient (Wildman–Crippen LogP) is 1.90. The molecule has 4 heterocycles. The molecule has 0 saturated carbocycles. The zero-order chi connectivity index (χ0) is 13.4. The molecule has 0 spiro atoms. The Balaban J connectivity index is 1.75. The summed E-state index contributed by atoms with van der Waals surface area (Å²) in [5.41, 5.74) is 1.76. The average Bonchev–Trinajstić information content (AvgIpc) is 3.23. The molecule has 0 N–H and O–H groups in total. The second-order valence-electron chi connectivity index (χ2n) is 3.83. The molecule has 1 unspecified atom stereocenters. The first-order valence-electron chi connectivity index (χ1n) is 5.65. The molecule has 1 fully saturated rings. The van der Waals surface area contributed by atoms with Crippen LogP contribution in [-0.4, -0.2) is 26.9 Å². The maximum atomic E-state index is 5.76. The smallest absolute Gasteiger partial charge is 0.267 e. The molecule has 0 amide bonds. The summed E-state index contributed by atoms with van der Waals surface area (Å²) in [6, 6.07) is 0. The van der Waals surface area contributed by atoms with Crippen LogP contribution in [0, 0.1) is 0 Å². The van der Waals surface area contributed by atoms with Gasteiger partial charge in [-0.25, -0.2) is 20.0 Å². The van der Waals surface area contributed by atoms with Crippen molar-refractivity contribution in [3.05, 3.63) is 34.8 Å². The Morgan fingerprint density at radius 1 is 1.35 bits per heavy atom. The van der Waals surface area contributed by atoms with Crippen LogP contribution in [0.15, 0.2) is 33.3 Å². The van der Waals surface area contributed by atoms with E-state index in [1.165, 1.54) is 29.1 Å². The molecule has 1 aliphatic rings. The molecule has 20 heavy (non-hydrogen) atoms. The maximum absolute atomic E-state index is 5.76. The van der Waals surface area contributed by atoms with Gasteiger partial charge in [-0.05, 0) is 0 Å². The number of anilines is 2. The first kappa shape index (κ1) is 11.8. The van der Waals surface area contributed by atoms with E-state index >= 15 is 0 Å². The van der Waals surface area contributed by atoms with Gasteiger partial charge in [0.1, 0.15) is 6.73 Å². The fourth-order valence-corrected chi connectivity index (χ4v) is 3.07. The monoisotopic (exact) mass is 308 g/mol. The van der Waals surface area contributed by atoms with Gasteiger partial charge in [-0.1, -0.05) is 0 Å². The lowest BCUT2D eigenvalue weighted by atomic mass is 10.5.